The number of hydrogen-bond donors (Lipinski definition) is 1. The topological polar surface area (TPSA) is 48.1 Å². The molecule has 3 nitrogen and oxygen atoms in total. The van der Waals surface area contributed by atoms with Crippen LogP contribution in [-0.2, 0) is 5.75 Å². The molecule has 18 heavy (non-hydrogen) atoms. The molecule has 0 atom stereocenters. The van der Waals surface area contributed by atoms with E-state index in [1.54, 1.807) is 17.8 Å². The molecule has 2 rings (SSSR count). The van der Waals surface area contributed by atoms with Crippen LogP contribution in [0.1, 0.15) is 11.3 Å². The van der Waals surface area contributed by atoms with E-state index in [1.807, 2.05) is 13.0 Å². The standard InChI is InChI=1S/C12H13FN2OS2/c1-7-11(18-12(14)15-7)17-6-8-3-4-10(16-2)9(13)5-8/h3-5H,6H2,1-2H3,(H2,14,15). The summed E-state index contributed by atoms with van der Waals surface area (Å²) >= 11 is 3.07. The fourth-order valence-corrected chi connectivity index (χ4v) is 3.45. The Kier molecular flexibility index (Phi) is 4.08. The molecule has 0 aliphatic rings. The van der Waals surface area contributed by atoms with Gasteiger partial charge in [-0.1, -0.05) is 17.4 Å². The predicted molar refractivity (Wildman–Crippen MR) is 73.8 cm³/mol. The fraction of sp³-hybridized carbons (Fsp3) is 0.250. The molecule has 1 heterocycles. The SMILES string of the molecule is COc1ccc(CSc2sc(N)nc2C)cc1F. The van der Waals surface area contributed by atoms with Gasteiger partial charge in [0.15, 0.2) is 16.7 Å². The molecule has 0 fully saturated rings. The lowest BCUT2D eigenvalue weighted by Crippen LogP contribution is -1.89. The van der Waals surface area contributed by atoms with Crippen LogP contribution in [0.15, 0.2) is 22.4 Å². The Morgan fingerprint density at radius 2 is 2.28 bits per heavy atom. The van der Waals surface area contributed by atoms with Crippen LogP contribution in [0.2, 0.25) is 0 Å². The highest BCUT2D eigenvalue weighted by Gasteiger charge is 2.08. The van der Waals surface area contributed by atoms with Crippen LogP contribution < -0.4 is 10.5 Å². The summed E-state index contributed by atoms with van der Waals surface area (Å²) in [5.41, 5.74) is 7.46. The Balaban J connectivity index is 2.06. The minimum atomic E-state index is -0.337. The number of hydrogen-bond acceptors (Lipinski definition) is 5. The van der Waals surface area contributed by atoms with Crippen molar-refractivity contribution >= 4 is 28.2 Å². The van der Waals surface area contributed by atoms with Crippen LogP contribution in [0.4, 0.5) is 9.52 Å². The number of benzene rings is 1. The number of aromatic nitrogens is 1. The molecule has 0 radical (unpaired) electrons. The van der Waals surface area contributed by atoms with Gasteiger partial charge in [0.2, 0.25) is 0 Å². The van der Waals surface area contributed by atoms with Gasteiger partial charge in [-0.2, -0.15) is 0 Å². The molecule has 0 bridgehead atoms. The number of nitrogens with two attached hydrogens (primary N) is 1. The summed E-state index contributed by atoms with van der Waals surface area (Å²) in [7, 11) is 1.45. The van der Waals surface area contributed by atoms with Crippen LogP contribution in [0, 0.1) is 12.7 Å². The maximum absolute atomic E-state index is 13.5. The molecule has 96 valence electrons. The first-order valence-electron chi connectivity index (χ1n) is 5.28. The average Bonchev–Trinajstić information content (AvgIpc) is 2.65. The van der Waals surface area contributed by atoms with Crippen molar-refractivity contribution in [3.63, 3.8) is 0 Å². The molecule has 0 saturated heterocycles. The van der Waals surface area contributed by atoms with E-state index >= 15 is 0 Å². The molecular weight excluding hydrogens is 271 g/mol. The van der Waals surface area contributed by atoms with Crippen molar-refractivity contribution in [3.8, 4) is 5.75 Å². The molecule has 0 spiro atoms. The van der Waals surface area contributed by atoms with Gasteiger partial charge in [0.1, 0.15) is 0 Å². The molecule has 0 unspecified atom stereocenters. The van der Waals surface area contributed by atoms with Crippen molar-refractivity contribution in [1.29, 1.82) is 0 Å². The van der Waals surface area contributed by atoms with E-state index in [0.717, 1.165) is 15.5 Å². The van der Waals surface area contributed by atoms with Crippen LogP contribution in [-0.4, -0.2) is 12.1 Å². The molecule has 1 aromatic heterocycles. The number of nitrogens with zero attached hydrogens (tertiary/aromatic N) is 1. The van der Waals surface area contributed by atoms with Crippen molar-refractivity contribution < 1.29 is 9.13 Å². The molecular formula is C12H13FN2OS2. The number of methoxy groups -OCH3 is 1. The van der Waals surface area contributed by atoms with Gasteiger partial charge in [-0.05, 0) is 24.6 Å². The number of thiazole rings is 1. The zero-order chi connectivity index (χ0) is 13.1. The fourth-order valence-electron chi connectivity index (χ4n) is 1.49. The Labute approximate surface area is 113 Å². The van der Waals surface area contributed by atoms with Gasteiger partial charge in [0.25, 0.3) is 0 Å². The number of nitrogen functional groups attached to an aromatic ring is 1. The maximum Gasteiger partial charge on any atom is 0.181 e. The Morgan fingerprint density at radius 3 is 2.83 bits per heavy atom. The molecule has 6 heteroatoms. The summed E-state index contributed by atoms with van der Waals surface area (Å²) in [6, 6.07) is 4.99. The third-order valence-electron chi connectivity index (χ3n) is 2.36. The van der Waals surface area contributed by atoms with Gasteiger partial charge in [-0.25, -0.2) is 9.37 Å². The van der Waals surface area contributed by atoms with Gasteiger partial charge in [-0.3, -0.25) is 0 Å². The second-order valence-electron chi connectivity index (χ2n) is 3.68. The lowest BCUT2D eigenvalue weighted by Gasteiger charge is -2.04. The third-order valence-corrected chi connectivity index (χ3v) is 4.78. The predicted octanol–water partition coefficient (Wildman–Crippen LogP) is 3.47. The van der Waals surface area contributed by atoms with E-state index in [-0.39, 0.29) is 11.6 Å². The van der Waals surface area contributed by atoms with E-state index in [0.29, 0.717) is 10.9 Å². The number of thioether (sulfide) groups is 1. The van der Waals surface area contributed by atoms with E-state index in [9.17, 15) is 4.39 Å². The van der Waals surface area contributed by atoms with Crippen molar-refractivity contribution in [2.75, 3.05) is 12.8 Å². The smallest absolute Gasteiger partial charge is 0.181 e. The quantitative estimate of drug-likeness (QED) is 0.873. The minimum absolute atomic E-state index is 0.266. The molecule has 0 amide bonds. The highest BCUT2D eigenvalue weighted by Crippen LogP contribution is 2.33. The molecule has 0 aliphatic heterocycles. The van der Waals surface area contributed by atoms with E-state index < -0.39 is 0 Å². The molecule has 1 aromatic carbocycles. The van der Waals surface area contributed by atoms with Crippen LogP contribution >= 0.6 is 23.1 Å². The second-order valence-corrected chi connectivity index (χ2v) is 5.96. The summed E-state index contributed by atoms with van der Waals surface area (Å²) in [4.78, 5) is 4.15. The first kappa shape index (κ1) is 13.2. The monoisotopic (exact) mass is 284 g/mol. The van der Waals surface area contributed by atoms with Crippen LogP contribution in [0.25, 0.3) is 0 Å². The van der Waals surface area contributed by atoms with Gasteiger partial charge in [-0.15, -0.1) is 11.8 Å². The van der Waals surface area contributed by atoms with E-state index in [4.69, 9.17) is 10.5 Å². The van der Waals surface area contributed by atoms with Gasteiger partial charge in [0.05, 0.1) is 17.0 Å². The summed E-state index contributed by atoms with van der Waals surface area (Å²) in [5, 5.41) is 0.566. The molecule has 2 aromatic rings. The van der Waals surface area contributed by atoms with E-state index in [1.165, 1.54) is 24.5 Å². The maximum atomic E-state index is 13.5. The molecule has 2 N–H and O–H groups in total. The Morgan fingerprint density at radius 1 is 1.50 bits per heavy atom. The first-order chi connectivity index (χ1) is 8.60. The normalized spacial score (nSPS) is 10.6. The number of rotatable bonds is 4. The number of halogens is 1. The second kappa shape index (κ2) is 5.58. The van der Waals surface area contributed by atoms with Crippen molar-refractivity contribution in [1.82, 2.24) is 4.98 Å². The third kappa shape index (κ3) is 2.94. The summed E-state index contributed by atoms with van der Waals surface area (Å²) < 4.78 is 19.4. The Hall–Kier alpha value is -1.27. The molecule has 0 saturated carbocycles. The summed E-state index contributed by atoms with van der Waals surface area (Å²) in [6.45, 7) is 1.92. The molecule has 0 aliphatic carbocycles. The lowest BCUT2D eigenvalue weighted by molar-refractivity contribution is 0.386. The average molecular weight is 284 g/mol. The first-order valence-corrected chi connectivity index (χ1v) is 7.08. The highest BCUT2D eigenvalue weighted by molar-refractivity contribution is 8.00. The highest BCUT2D eigenvalue weighted by atomic mass is 32.2. The van der Waals surface area contributed by atoms with Gasteiger partial charge < -0.3 is 10.5 Å². The number of anilines is 1. The van der Waals surface area contributed by atoms with Crippen molar-refractivity contribution in [2.45, 2.75) is 16.9 Å². The van der Waals surface area contributed by atoms with Gasteiger partial charge >= 0.3 is 0 Å². The van der Waals surface area contributed by atoms with Crippen LogP contribution in [0.3, 0.4) is 0 Å². The number of aryl methyl sites for hydroxylation is 1. The zero-order valence-corrected chi connectivity index (χ0v) is 11.7. The van der Waals surface area contributed by atoms with Gasteiger partial charge in [0, 0.05) is 5.75 Å². The lowest BCUT2D eigenvalue weighted by atomic mass is 10.2. The van der Waals surface area contributed by atoms with E-state index in [2.05, 4.69) is 4.98 Å². The zero-order valence-electron chi connectivity index (χ0n) is 10.1. The van der Waals surface area contributed by atoms with Crippen LogP contribution in [0.5, 0.6) is 5.75 Å². The number of ether oxygens (including phenoxy) is 1. The Bertz CT molecular complexity index is 557. The van der Waals surface area contributed by atoms with Crippen molar-refractivity contribution in [2.24, 2.45) is 0 Å². The largest absolute Gasteiger partial charge is 0.494 e. The summed E-state index contributed by atoms with van der Waals surface area (Å²) in [6.07, 6.45) is 0. The summed E-state index contributed by atoms with van der Waals surface area (Å²) in [5.74, 6) is 0.613. The van der Waals surface area contributed by atoms with Crippen molar-refractivity contribution in [3.05, 3.63) is 35.3 Å². The minimum Gasteiger partial charge on any atom is -0.494 e.